The van der Waals surface area contributed by atoms with E-state index in [0.717, 1.165) is 17.9 Å². The number of nitrogens with two attached hydrogens (primary N) is 1. The molecule has 0 aliphatic carbocycles. The number of hydrogen-bond donors (Lipinski definition) is 2. The van der Waals surface area contributed by atoms with E-state index in [4.69, 9.17) is 5.14 Å². The number of hydrogen-bond acceptors (Lipinski definition) is 6. The van der Waals surface area contributed by atoms with Crippen molar-refractivity contribution in [2.75, 3.05) is 25.2 Å². The van der Waals surface area contributed by atoms with Gasteiger partial charge in [0.2, 0.25) is 15.9 Å². The Balaban J connectivity index is 2.05. The first-order chi connectivity index (χ1) is 13.0. The number of primary sulfonamides is 1. The summed E-state index contributed by atoms with van der Waals surface area (Å²) < 4.78 is 46.9. The molecule has 2 aromatic rings. The van der Waals surface area contributed by atoms with E-state index in [1.807, 2.05) is 30.3 Å². The Morgan fingerprint density at radius 1 is 1.07 bits per heavy atom. The third-order valence-corrected chi connectivity index (χ3v) is 6.07. The summed E-state index contributed by atoms with van der Waals surface area (Å²) in [6.45, 7) is 0.659. The Morgan fingerprint density at radius 3 is 2.29 bits per heavy atom. The molecule has 0 saturated heterocycles. The number of sulfonamides is 1. The van der Waals surface area contributed by atoms with Crippen LogP contribution in [0.1, 0.15) is 12.0 Å². The molecule has 0 bridgehead atoms. The van der Waals surface area contributed by atoms with Crippen molar-refractivity contribution in [1.29, 1.82) is 0 Å². The van der Waals surface area contributed by atoms with Gasteiger partial charge in [-0.15, -0.1) is 0 Å². The zero-order valence-electron chi connectivity index (χ0n) is 15.6. The van der Waals surface area contributed by atoms with Crippen LogP contribution in [0.2, 0.25) is 0 Å². The minimum absolute atomic E-state index is 0.113. The minimum Gasteiger partial charge on any atom is -0.383 e. The van der Waals surface area contributed by atoms with Gasteiger partial charge in [0.15, 0.2) is 9.84 Å². The second-order valence-electron chi connectivity index (χ2n) is 6.39. The number of amides is 1. The highest BCUT2D eigenvalue weighted by Crippen LogP contribution is 2.24. The van der Waals surface area contributed by atoms with Gasteiger partial charge in [0.25, 0.3) is 0 Å². The Morgan fingerprint density at radius 2 is 1.71 bits per heavy atom. The average molecular weight is 426 g/mol. The number of sulfone groups is 1. The summed E-state index contributed by atoms with van der Waals surface area (Å²) in [4.78, 5) is 13.4. The summed E-state index contributed by atoms with van der Waals surface area (Å²) in [7, 11) is -6.04. The summed E-state index contributed by atoms with van der Waals surface area (Å²) in [5, 5.41) is 7.95. The maximum Gasteiger partial charge on any atom is 0.238 e. The van der Waals surface area contributed by atoms with E-state index >= 15 is 0 Å². The Hall–Kier alpha value is -2.43. The van der Waals surface area contributed by atoms with E-state index in [1.165, 1.54) is 12.1 Å². The summed E-state index contributed by atoms with van der Waals surface area (Å²) in [5.74, 6) is -0.113. The SMILES string of the molecule is CN(Cc1ccccc1)C(=O)CCNc1ccc(S(N)(=O)=O)cc1S(C)(=O)=O. The zero-order valence-corrected chi connectivity index (χ0v) is 17.3. The van der Waals surface area contributed by atoms with Crippen LogP contribution >= 0.6 is 0 Å². The van der Waals surface area contributed by atoms with E-state index in [0.29, 0.717) is 6.54 Å². The maximum atomic E-state index is 12.3. The van der Waals surface area contributed by atoms with E-state index in [9.17, 15) is 21.6 Å². The fourth-order valence-corrected chi connectivity index (χ4v) is 4.07. The molecule has 0 aliphatic heterocycles. The van der Waals surface area contributed by atoms with Crippen molar-refractivity contribution in [2.24, 2.45) is 5.14 Å². The van der Waals surface area contributed by atoms with Gasteiger partial charge in [0.1, 0.15) is 0 Å². The van der Waals surface area contributed by atoms with Gasteiger partial charge in [-0.1, -0.05) is 30.3 Å². The molecule has 28 heavy (non-hydrogen) atoms. The molecule has 8 nitrogen and oxygen atoms in total. The molecule has 152 valence electrons. The van der Waals surface area contributed by atoms with Gasteiger partial charge in [-0.2, -0.15) is 0 Å². The van der Waals surface area contributed by atoms with Gasteiger partial charge in [0, 0.05) is 32.8 Å². The molecule has 0 saturated carbocycles. The first-order valence-electron chi connectivity index (χ1n) is 8.37. The second kappa shape index (κ2) is 8.72. The van der Waals surface area contributed by atoms with Crippen molar-refractivity contribution >= 4 is 31.5 Å². The molecule has 3 N–H and O–H groups in total. The van der Waals surface area contributed by atoms with Crippen molar-refractivity contribution in [1.82, 2.24) is 4.90 Å². The lowest BCUT2D eigenvalue weighted by Crippen LogP contribution is -2.27. The largest absolute Gasteiger partial charge is 0.383 e. The fourth-order valence-electron chi connectivity index (χ4n) is 2.57. The summed E-state index contributed by atoms with van der Waals surface area (Å²) >= 11 is 0. The van der Waals surface area contributed by atoms with Gasteiger partial charge < -0.3 is 10.2 Å². The van der Waals surface area contributed by atoms with Crippen molar-refractivity contribution in [3.05, 3.63) is 54.1 Å². The number of nitrogens with zero attached hydrogens (tertiary/aromatic N) is 1. The minimum atomic E-state index is -4.03. The number of benzene rings is 2. The predicted octanol–water partition coefficient (Wildman–Crippen LogP) is 1.20. The summed E-state index contributed by atoms with van der Waals surface area (Å²) in [6.07, 6.45) is 1.11. The van der Waals surface area contributed by atoms with Crippen LogP contribution in [0.5, 0.6) is 0 Å². The highest BCUT2D eigenvalue weighted by atomic mass is 32.2. The highest BCUT2D eigenvalue weighted by Gasteiger charge is 2.18. The molecular formula is C18H23N3O5S2. The van der Waals surface area contributed by atoms with E-state index in [2.05, 4.69) is 5.32 Å². The van der Waals surface area contributed by atoms with Gasteiger partial charge in [-0.25, -0.2) is 22.0 Å². The first kappa shape index (κ1) is 21.9. The molecule has 0 aromatic heterocycles. The zero-order chi connectivity index (χ0) is 20.9. The molecule has 2 aromatic carbocycles. The van der Waals surface area contributed by atoms with Gasteiger partial charge >= 0.3 is 0 Å². The van der Waals surface area contributed by atoms with Crippen LogP contribution < -0.4 is 10.5 Å². The molecule has 0 heterocycles. The third kappa shape index (κ3) is 6.04. The summed E-state index contributed by atoms with van der Waals surface area (Å²) in [6, 6.07) is 13.1. The van der Waals surface area contributed by atoms with Crippen molar-refractivity contribution in [3.63, 3.8) is 0 Å². The summed E-state index contributed by atoms with van der Waals surface area (Å²) in [5.41, 5.74) is 1.22. The quantitative estimate of drug-likeness (QED) is 0.654. The van der Waals surface area contributed by atoms with Crippen LogP contribution in [0.4, 0.5) is 5.69 Å². The number of carbonyl (C=O) groups excluding carboxylic acids is 1. The topological polar surface area (TPSA) is 127 Å². The molecule has 1 amide bonds. The maximum absolute atomic E-state index is 12.3. The van der Waals surface area contributed by atoms with Gasteiger partial charge in [-0.05, 0) is 23.8 Å². The van der Waals surface area contributed by atoms with Crippen LogP contribution in [0.3, 0.4) is 0 Å². The molecular weight excluding hydrogens is 402 g/mol. The number of rotatable bonds is 8. The van der Waals surface area contributed by atoms with Gasteiger partial charge in [0.05, 0.1) is 15.5 Å². The molecule has 0 atom stereocenters. The first-order valence-corrected chi connectivity index (χ1v) is 11.8. The lowest BCUT2D eigenvalue weighted by Gasteiger charge is -2.18. The molecule has 0 unspecified atom stereocenters. The smallest absolute Gasteiger partial charge is 0.238 e. The van der Waals surface area contributed by atoms with Crippen LogP contribution in [0, 0.1) is 0 Å². The van der Waals surface area contributed by atoms with E-state index in [1.54, 1.807) is 11.9 Å². The molecule has 10 heteroatoms. The van der Waals surface area contributed by atoms with Crippen LogP contribution in [-0.2, 0) is 31.2 Å². The average Bonchev–Trinajstić information content (AvgIpc) is 2.60. The predicted molar refractivity (Wildman–Crippen MR) is 107 cm³/mol. The number of carbonyl (C=O) groups is 1. The second-order valence-corrected chi connectivity index (χ2v) is 9.93. The molecule has 0 fully saturated rings. The molecule has 0 radical (unpaired) electrons. The Bertz CT molecular complexity index is 1050. The van der Waals surface area contributed by atoms with Crippen LogP contribution in [0.25, 0.3) is 0 Å². The molecule has 2 rings (SSSR count). The Kier molecular flexibility index (Phi) is 6.81. The van der Waals surface area contributed by atoms with Crippen molar-refractivity contribution in [2.45, 2.75) is 22.8 Å². The fraction of sp³-hybridized carbons (Fsp3) is 0.278. The third-order valence-electron chi connectivity index (χ3n) is 4.02. The lowest BCUT2D eigenvalue weighted by molar-refractivity contribution is -0.130. The van der Waals surface area contributed by atoms with E-state index < -0.39 is 19.9 Å². The number of anilines is 1. The number of nitrogens with one attached hydrogen (secondary N) is 1. The lowest BCUT2D eigenvalue weighted by atomic mass is 10.2. The molecule has 0 aliphatic rings. The Labute approximate surface area is 165 Å². The van der Waals surface area contributed by atoms with E-state index in [-0.39, 0.29) is 34.4 Å². The monoisotopic (exact) mass is 425 g/mol. The van der Waals surface area contributed by atoms with Crippen molar-refractivity contribution < 1.29 is 21.6 Å². The van der Waals surface area contributed by atoms with Crippen LogP contribution in [0.15, 0.2) is 58.3 Å². The standard InChI is InChI=1S/C18H23N3O5S2/c1-21(13-14-6-4-3-5-7-14)18(22)10-11-20-16-9-8-15(28(19,25)26)12-17(16)27(2,23)24/h3-9,12,20H,10-11,13H2,1-2H3,(H2,19,25,26). The highest BCUT2D eigenvalue weighted by molar-refractivity contribution is 7.91. The van der Waals surface area contributed by atoms with Crippen LogP contribution in [-0.4, -0.2) is 47.5 Å². The normalized spacial score (nSPS) is 11.8. The molecule has 0 spiro atoms. The van der Waals surface area contributed by atoms with Gasteiger partial charge in [-0.3, -0.25) is 4.79 Å². The van der Waals surface area contributed by atoms with Crippen molar-refractivity contribution in [3.8, 4) is 0 Å².